The lowest BCUT2D eigenvalue weighted by atomic mass is 10.1. The number of rotatable bonds is 5. The van der Waals surface area contributed by atoms with E-state index in [1.165, 1.54) is 6.20 Å². The Hall–Kier alpha value is -2.87. The Morgan fingerprint density at radius 1 is 1.23 bits per heavy atom. The first kappa shape index (κ1) is 15.5. The first-order valence-electron chi connectivity index (χ1n) is 7.08. The minimum Gasteiger partial charge on any atom is -0.366 e. The quantitative estimate of drug-likeness (QED) is 0.888. The summed E-state index contributed by atoms with van der Waals surface area (Å²) in [5.74, 6) is 0.688. The van der Waals surface area contributed by atoms with Gasteiger partial charge in [0.2, 0.25) is 5.91 Å². The zero-order chi connectivity index (χ0) is 15.9. The van der Waals surface area contributed by atoms with Gasteiger partial charge in [-0.05, 0) is 29.8 Å². The molecule has 0 radical (unpaired) electrons. The number of amides is 1. The number of nitriles is 1. The van der Waals surface area contributed by atoms with Gasteiger partial charge in [0.15, 0.2) is 0 Å². The van der Waals surface area contributed by atoms with Crippen molar-refractivity contribution < 1.29 is 4.79 Å². The van der Waals surface area contributed by atoms with E-state index in [-0.39, 0.29) is 11.8 Å². The van der Waals surface area contributed by atoms with Crippen LogP contribution in [0.4, 0.5) is 11.5 Å². The molecule has 1 amide bonds. The third-order valence-electron chi connectivity index (χ3n) is 3.11. The van der Waals surface area contributed by atoms with Crippen molar-refractivity contribution in [3.05, 3.63) is 53.7 Å². The summed E-state index contributed by atoms with van der Waals surface area (Å²) in [5, 5.41) is 14.8. The molecule has 0 aliphatic carbocycles. The highest BCUT2D eigenvalue weighted by Crippen LogP contribution is 2.12. The van der Waals surface area contributed by atoms with E-state index in [0.717, 1.165) is 17.1 Å². The number of hydrogen-bond acceptors (Lipinski definition) is 4. The topological polar surface area (TPSA) is 77.8 Å². The molecule has 0 bridgehead atoms. The van der Waals surface area contributed by atoms with Crippen molar-refractivity contribution >= 4 is 17.4 Å². The standard InChI is InChI=1S/C17H18N4O/c1-12(2)17(22)21-15-6-3-13(4-7-15)10-19-16-8-5-14(9-18)11-20-16/h3-8,11-12H,10H2,1-2H3,(H,19,20)(H,21,22). The van der Waals surface area contributed by atoms with Crippen LogP contribution in [0.1, 0.15) is 25.0 Å². The van der Waals surface area contributed by atoms with Crippen molar-refractivity contribution in [3.8, 4) is 6.07 Å². The van der Waals surface area contributed by atoms with Crippen LogP contribution in [0.5, 0.6) is 0 Å². The molecule has 2 aromatic rings. The van der Waals surface area contributed by atoms with Crippen LogP contribution in [0.3, 0.4) is 0 Å². The molecular weight excluding hydrogens is 276 g/mol. The third kappa shape index (κ3) is 4.32. The molecule has 0 saturated heterocycles. The number of nitrogens with one attached hydrogen (secondary N) is 2. The lowest BCUT2D eigenvalue weighted by Gasteiger charge is -2.09. The second-order valence-corrected chi connectivity index (χ2v) is 5.24. The number of hydrogen-bond donors (Lipinski definition) is 2. The fraction of sp³-hybridized carbons (Fsp3) is 0.235. The van der Waals surface area contributed by atoms with Crippen LogP contribution in [0.15, 0.2) is 42.6 Å². The molecule has 1 aromatic carbocycles. The molecule has 2 N–H and O–H groups in total. The summed E-state index contributed by atoms with van der Waals surface area (Å²) in [7, 11) is 0. The zero-order valence-corrected chi connectivity index (χ0v) is 12.6. The molecule has 112 valence electrons. The maximum absolute atomic E-state index is 11.6. The summed E-state index contributed by atoms with van der Waals surface area (Å²) < 4.78 is 0. The van der Waals surface area contributed by atoms with Crippen LogP contribution in [0, 0.1) is 17.2 Å². The van der Waals surface area contributed by atoms with Gasteiger partial charge in [-0.3, -0.25) is 4.79 Å². The van der Waals surface area contributed by atoms with Crippen molar-refractivity contribution in [2.75, 3.05) is 10.6 Å². The van der Waals surface area contributed by atoms with Crippen LogP contribution in [0.25, 0.3) is 0 Å². The molecule has 2 rings (SSSR count). The van der Waals surface area contributed by atoms with E-state index in [2.05, 4.69) is 15.6 Å². The number of benzene rings is 1. The van der Waals surface area contributed by atoms with Gasteiger partial charge in [0.05, 0.1) is 5.56 Å². The number of aromatic nitrogens is 1. The van der Waals surface area contributed by atoms with Gasteiger partial charge >= 0.3 is 0 Å². The van der Waals surface area contributed by atoms with Gasteiger partial charge in [-0.1, -0.05) is 26.0 Å². The monoisotopic (exact) mass is 294 g/mol. The maximum atomic E-state index is 11.6. The Bertz CT molecular complexity index is 669. The molecule has 5 heteroatoms. The minimum atomic E-state index is -0.0381. The van der Waals surface area contributed by atoms with Crippen LogP contribution in [0.2, 0.25) is 0 Å². The van der Waals surface area contributed by atoms with E-state index in [1.807, 2.05) is 44.2 Å². The Morgan fingerprint density at radius 2 is 1.95 bits per heavy atom. The Morgan fingerprint density at radius 3 is 2.50 bits per heavy atom. The van der Waals surface area contributed by atoms with Crippen molar-refractivity contribution in [3.63, 3.8) is 0 Å². The highest BCUT2D eigenvalue weighted by atomic mass is 16.1. The van der Waals surface area contributed by atoms with Crippen LogP contribution in [-0.4, -0.2) is 10.9 Å². The molecule has 1 heterocycles. The average Bonchev–Trinajstić information content (AvgIpc) is 2.54. The van der Waals surface area contributed by atoms with Crippen LogP contribution >= 0.6 is 0 Å². The Balaban J connectivity index is 1.91. The molecule has 0 fully saturated rings. The van der Waals surface area contributed by atoms with Gasteiger partial charge in [-0.25, -0.2) is 4.98 Å². The largest absolute Gasteiger partial charge is 0.366 e. The summed E-state index contributed by atoms with van der Waals surface area (Å²) in [5.41, 5.74) is 2.41. The predicted molar refractivity (Wildman–Crippen MR) is 86.2 cm³/mol. The SMILES string of the molecule is CC(C)C(=O)Nc1ccc(CNc2ccc(C#N)cn2)cc1. The second-order valence-electron chi connectivity index (χ2n) is 5.24. The molecular formula is C17H18N4O. The predicted octanol–water partition coefficient (Wildman–Crippen LogP) is 3.16. The molecule has 0 spiro atoms. The van der Waals surface area contributed by atoms with Crippen molar-refractivity contribution in [2.45, 2.75) is 20.4 Å². The summed E-state index contributed by atoms with van der Waals surface area (Å²) in [6.07, 6.45) is 1.53. The molecule has 0 atom stereocenters. The van der Waals surface area contributed by atoms with E-state index < -0.39 is 0 Å². The number of carbonyl (C=O) groups excluding carboxylic acids is 1. The normalized spacial score (nSPS) is 10.1. The fourth-order valence-electron chi connectivity index (χ4n) is 1.75. The van der Waals surface area contributed by atoms with E-state index in [9.17, 15) is 4.79 Å². The first-order valence-corrected chi connectivity index (χ1v) is 7.08. The van der Waals surface area contributed by atoms with E-state index in [4.69, 9.17) is 5.26 Å². The number of carbonyl (C=O) groups is 1. The van der Waals surface area contributed by atoms with Gasteiger partial charge in [-0.15, -0.1) is 0 Å². The fourth-order valence-corrected chi connectivity index (χ4v) is 1.75. The van der Waals surface area contributed by atoms with Crippen molar-refractivity contribution in [1.82, 2.24) is 4.98 Å². The number of nitrogens with zero attached hydrogens (tertiary/aromatic N) is 2. The van der Waals surface area contributed by atoms with Crippen molar-refractivity contribution in [2.24, 2.45) is 5.92 Å². The Labute approximate surface area is 130 Å². The van der Waals surface area contributed by atoms with Gasteiger partial charge in [-0.2, -0.15) is 5.26 Å². The number of pyridine rings is 1. The molecule has 5 nitrogen and oxygen atoms in total. The zero-order valence-electron chi connectivity index (χ0n) is 12.6. The average molecular weight is 294 g/mol. The van der Waals surface area contributed by atoms with Gasteiger partial charge in [0, 0.05) is 24.3 Å². The van der Waals surface area contributed by atoms with E-state index in [0.29, 0.717) is 12.1 Å². The lowest BCUT2D eigenvalue weighted by molar-refractivity contribution is -0.118. The van der Waals surface area contributed by atoms with Gasteiger partial charge < -0.3 is 10.6 Å². The summed E-state index contributed by atoms with van der Waals surface area (Å²) in [6, 6.07) is 13.2. The number of anilines is 2. The molecule has 0 saturated carbocycles. The third-order valence-corrected chi connectivity index (χ3v) is 3.11. The van der Waals surface area contributed by atoms with Crippen molar-refractivity contribution in [1.29, 1.82) is 5.26 Å². The minimum absolute atomic E-state index is 0.00709. The van der Waals surface area contributed by atoms with Gasteiger partial charge in [0.25, 0.3) is 0 Å². The summed E-state index contributed by atoms with van der Waals surface area (Å²) in [4.78, 5) is 15.8. The first-order chi connectivity index (χ1) is 10.6. The van der Waals surface area contributed by atoms with E-state index >= 15 is 0 Å². The summed E-state index contributed by atoms with van der Waals surface area (Å²) >= 11 is 0. The highest BCUT2D eigenvalue weighted by molar-refractivity contribution is 5.92. The molecule has 22 heavy (non-hydrogen) atoms. The lowest BCUT2D eigenvalue weighted by Crippen LogP contribution is -2.17. The Kier molecular flexibility index (Phi) is 5.10. The molecule has 0 aliphatic heterocycles. The van der Waals surface area contributed by atoms with Crippen LogP contribution in [-0.2, 0) is 11.3 Å². The smallest absolute Gasteiger partial charge is 0.226 e. The van der Waals surface area contributed by atoms with E-state index in [1.54, 1.807) is 12.1 Å². The molecule has 0 aliphatic rings. The summed E-state index contributed by atoms with van der Waals surface area (Å²) in [6.45, 7) is 4.34. The molecule has 1 aromatic heterocycles. The second kappa shape index (κ2) is 7.23. The van der Waals surface area contributed by atoms with Gasteiger partial charge in [0.1, 0.15) is 11.9 Å². The molecule has 0 unspecified atom stereocenters. The maximum Gasteiger partial charge on any atom is 0.226 e. The highest BCUT2D eigenvalue weighted by Gasteiger charge is 2.06. The van der Waals surface area contributed by atoms with Crippen LogP contribution < -0.4 is 10.6 Å².